The summed E-state index contributed by atoms with van der Waals surface area (Å²) in [6, 6.07) is 5.88. The lowest BCUT2D eigenvalue weighted by Crippen LogP contribution is -2.30. The Hall–Kier alpha value is -3.66. The van der Waals surface area contributed by atoms with Crippen molar-refractivity contribution < 1.29 is 14.3 Å². The smallest absolute Gasteiger partial charge is 0.257 e. The van der Waals surface area contributed by atoms with Crippen molar-refractivity contribution in [2.75, 3.05) is 32.2 Å². The number of aromatic nitrogens is 5. The lowest BCUT2D eigenvalue weighted by molar-refractivity contribution is -0.124. The zero-order valence-electron chi connectivity index (χ0n) is 16.6. The van der Waals surface area contributed by atoms with Gasteiger partial charge < -0.3 is 25.1 Å². The van der Waals surface area contributed by atoms with Gasteiger partial charge in [-0.15, -0.1) is 10.2 Å². The quantitative estimate of drug-likeness (QED) is 0.399. The minimum absolute atomic E-state index is 0.00387. The maximum absolute atomic E-state index is 11.7. The number of nitrogens with zero attached hydrogens (tertiary/aromatic N) is 3. The van der Waals surface area contributed by atoms with Crippen molar-refractivity contribution in [1.29, 1.82) is 0 Å². The number of aromatic amines is 2. The molecule has 10 nitrogen and oxygen atoms in total. The van der Waals surface area contributed by atoms with Crippen LogP contribution in [0.15, 0.2) is 42.3 Å². The number of allylic oxidation sites excluding steroid dienone is 4. The normalized spacial score (nSPS) is 13.6. The molecule has 4 N–H and O–H groups in total. The molecule has 0 unspecified atom stereocenters. The van der Waals surface area contributed by atoms with Crippen LogP contribution >= 0.6 is 0 Å². The van der Waals surface area contributed by atoms with Gasteiger partial charge in [0.2, 0.25) is 5.95 Å². The minimum Gasteiger partial charge on any atom is -0.488 e. The van der Waals surface area contributed by atoms with Crippen molar-refractivity contribution in [1.82, 2.24) is 30.7 Å². The number of methoxy groups -OCH3 is 1. The number of amides is 1. The Labute approximate surface area is 172 Å². The van der Waals surface area contributed by atoms with E-state index in [1.807, 2.05) is 30.4 Å². The van der Waals surface area contributed by atoms with Gasteiger partial charge in [-0.25, -0.2) is 0 Å². The van der Waals surface area contributed by atoms with Crippen LogP contribution in [-0.2, 0) is 14.3 Å². The molecule has 0 spiro atoms. The fourth-order valence-corrected chi connectivity index (χ4v) is 3.06. The first kappa shape index (κ1) is 19.6. The van der Waals surface area contributed by atoms with E-state index in [4.69, 9.17) is 9.47 Å². The summed E-state index contributed by atoms with van der Waals surface area (Å²) < 4.78 is 10.5. The van der Waals surface area contributed by atoms with E-state index in [0.29, 0.717) is 31.3 Å². The van der Waals surface area contributed by atoms with E-state index < -0.39 is 0 Å². The summed E-state index contributed by atoms with van der Waals surface area (Å²) in [5.74, 6) is 1.87. The molecule has 1 aromatic carbocycles. The van der Waals surface area contributed by atoms with Crippen LogP contribution in [0.25, 0.3) is 16.5 Å². The number of anilines is 2. The van der Waals surface area contributed by atoms with Gasteiger partial charge in [-0.3, -0.25) is 9.89 Å². The summed E-state index contributed by atoms with van der Waals surface area (Å²) in [6.45, 7) is 0.947. The van der Waals surface area contributed by atoms with Crippen molar-refractivity contribution in [3.8, 4) is 0 Å². The highest BCUT2D eigenvalue weighted by Crippen LogP contribution is 2.26. The lowest BCUT2D eigenvalue weighted by Gasteiger charge is -2.14. The summed E-state index contributed by atoms with van der Waals surface area (Å²) in [7, 11) is 1.59. The predicted molar refractivity (Wildman–Crippen MR) is 112 cm³/mol. The van der Waals surface area contributed by atoms with E-state index in [0.717, 1.165) is 34.3 Å². The summed E-state index contributed by atoms with van der Waals surface area (Å²) >= 11 is 0. The first-order valence-electron chi connectivity index (χ1n) is 9.62. The second-order valence-corrected chi connectivity index (χ2v) is 6.78. The van der Waals surface area contributed by atoms with Crippen LogP contribution in [0.1, 0.15) is 18.7 Å². The SMILES string of the molecule is COCCNC(=O)COC1=CC=C(c2nnc(Nc3ccc4[nH]ncc4c3)[nH]2)CC1. The largest absolute Gasteiger partial charge is 0.488 e. The predicted octanol–water partition coefficient (Wildman–Crippen LogP) is 2.26. The van der Waals surface area contributed by atoms with E-state index in [-0.39, 0.29) is 12.5 Å². The lowest BCUT2D eigenvalue weighted by atomic mass is 10.0. The van der Waals surface area contributed by atoms with Crippen LogP contribution in [0, 0.1) is 0 Å². The number of nitrogens with one attached hydrogen (secondary N) is 4. The Morgan fingerprint density at radius 1 is 1.23 bits per heavy atom. The van der Waals surface area contributed by atoms with Gasteiger partial charge in [0.05, 0.1) is 24.1 Å². The minimum atomic E-state index is -0.165. The van der Waals surface area contributed by atoms with Crippen LogP contribution in [-0.4, -0.2) is 58.2 Å². The standard InChI is InChI=1S/C20H23N7O3/c1-29-9-8-21-18(28)12-30-16-5-2-13(3-6-16)19-24-20(27-26-19)23-15-4-7-17-14(10-15)11-22-25-17/h2,4-5,7,10-11H,3,6,8-9,12H2,1H3,(H,21,28)(H,22,25)(H2,23,24,26,27). The summed E-state index contributed by atoms with van der Waals surface area (Å²) in [5.41, 5.74) is 2.89. The maximum atomic E-state index is 11.7. The summed E-state index contributed by atoms with van der Waals surface area (Å²) in [4.78, 5) is 14.9. The van der Waals surface area contributed by atoms with Crippen LogP contribution in [0.4, 0.5) is 11.6 Å². The molecule has 0 radical (unpaired) electrons. The number of hydrogen-bond acceptors (Lipinski definition) is 7. The van der Waals surface area contributed by atoms with Gasteiger partial charge in [0, 0.05) is 31.1 Å². The van der Waals surface area contributed by atoms with Crippen molar-refractivity contribution in [2.24, 2.45) is 0 Å². The molecule has 0 fully saturated rings. The van der Waals surface area contributed by atoms with Gasteiger partial charge in [0.1, 0.15) is 0 Å². The van der Waals surface area contributed by atoms with Gasteiger partial charge in [0.25, 0.3) is 5.91 Å². The average Bonchev–Trinajstić information content (AvgIpc) is 3.42. The molecule has 2 aromatic heterocycles. The first-order chi connectivity index (χ1) is 14.7. The van der Waals surface area contributed by atoms with E-state index in [1.54, 1.807) is 13.3 Å². The van der Waals surface area contributed by atoms with E-state index in [9.17, 15) is 4.79 Å². The number of carbonyl (C=O) groups excluding carboxylic acids is 1. The Balaban J connectivity index is 1.32. The van der Waals surface area contributed by atoms with E-state index >= 15 is 0 Å². The Bertz CT molecular complexity index is 1080. The fraction of sp³-hybridized carbons (Fsp3) is 0.300. The molecule has 0 saturated carbocycles. The average molecular weight is 409 g/mol. The number of benzene rings is 1. The van der Waals surface area contributed by atoms with Crippen LogP contribution in [0.5, 0.6) is 0 Å². The second kappa shape index (κ2) is 9.23. The highest BCUT2D eigenvalue weighted by Gasteiger charge is 2.14. The molecule has 0 saturated heterocycles. The van der Waals surface area contributed by atoms with Gasteiger partial charge in [-0.2, -0.15) is 5.10 Å². The van der Waals surface area contributed by atoms with Gasteiger partial charge in [-0.05, 0) is 36.3 Å². The van der Waals surface area contributed by atoms with Gasteiger partial charge in [-0.1, -0.05) is 6.08 Å². The number of H-pyrrole nitrogens is 2. The molecule has 2 heterocycles. The molecule has 0 atom stereocenters. The molecular weight excluding hydrogens is 386 g/mol. The van der Waals surface area contributed by atoms with Gasteiger partial charge in [0.15, 0.2) is 12.4 Å². The van der Waals surface area contributed by atoms with Crippen LogP contribution in [0.2, 0.25) is 0 Å². The maximum Gasteiger partial charge on any atom is 0.257 e. The van der Waals surface area contributed by atoms with Crippen LogP contribution < -0.4 is 10.6 Å². The van der Waals surface area contributed by atoms with Gasteiger partial charge >= 0.3 is 0 Å². The molecule has 30 heavy (non-hydrogen) atoms. The van der Waals surface area contributed by atoms with Crippen molar-refractivity contribution in [2.45, 2.75) is 12.8 Å². The van der Waals surface area contributed by atoms with Crippen molar-refractivity contribution in [3.63, 3.8) is 0 Å². The number of carbonyl (C=O) groups is 1. The Morgan fingerprint density at radius 3 is 3.00 bits per heavy atom. The number of hydrogen-bond donors (Lipinski definition) is 4. The third-order valence-electron chi connectivity index (χ3n) is 4.62. The fourth-order valence-electron chi connectivity index (χ4n) is 3.06. The summed E-state index contributed by atoms with van der Waals surface area (Å²) in [6.07, 6.45) is 7.01. The number of ether oxygens (including phenoxy) is 2. The first-order valence-corrected chi connectivity index (χ1v) is 9.62. The summed E-state index contributed by atoms with van der Waals surface area (Å²) in [5, 5.41) is 22.3. The third kappa shape index (κ3) is 4.84. The van der Waals surface area contributed by atoms with E-state index in [2.05, 4.69) is 36.0 Å². The second-order valence-electron chi connectivity index (χ2n) is 6.78. The van der Waals surface area contributed by atoms with Crippen molar-refractivity contribution in [3.05, 3.63) is 48.1 Å². The third-order valence-corrected chi connectivity index (χ3v) is 4.62. The zero-order chi connectivity index (χ0) is 20.8. The number of fused-ring (bicyclic) bond motifs is 1. The molecule has 1 amide bonds. The van der Waals surface area contributed by atoms with Crippen molar-refractivity contribution >= 4 is 34.0 Å². The molecule has 0 bridgehead atoms. The van der Waals surface area contributed by atoms with Crippen LogP contribution in [0.3, 0.4) is 0 Å². The Kier molecular flexibility index (Phi) is 6.04. The molecule has 10 heteroatoms. The molecule has 1 aliphatic rings. The molecule has 3 aromatic rings. The molecule has 4 rings (SSSR count). The molecule has 1 aliphatic carbocycles. The molecule has 0 aliphatic heterocycles. The zero-order valence-corrected chi connectivity index (χ0v) is 16.6. The van der Waals surface area contributed by atoms with E-state index in [1.165, 1.54) is 0 Å². The monoisotopic (exact) mass is 409 g/mol. The highest BCUT2D eigenvalue weighted by atomic mass is 16.5. The molecular formula is C20H23N7O3. The Morgan fingerprint density at radius 2 is 2.17 bits per heavy atom. The topological polar surface area (TPSA) is 130 Å². The highest BCUT2D eigenvalue weighted by molar-refractivity contribution is 5.82. The number of rotatable bonds is 9. The molecule has 156 valence electrons.